The Kier molecular flexibility index (Phi) is 4.67. The first-order valence-corrected chi connectivity index (χ1v) is 9.75. The van der Waals surface area contributed by atoms with Crippen molar-refractivity contribution >= 4 is 15.9 Å². The van der Waals surface area contributed by atoms with E-state index in [1.165, 1.54) is 18.7 Å². The van der Waals surface area contributed by atoms with Crippen LogP contribution < -0.4 is 10.0 Å². The van der Waals surface area contributed by atoms with Gasteiger partial charge in [-0.25, -0.2) is 13.1 Å². The van der Waals surface area contributed by atoms with E-state index in [0.717, 1.165) is 24.0 Å². The largest absolute Gasteiger partial charge is 0.345 e. The lowest BCUT2D eigenvalue weighted by Crippen LogP contribution is -2.28. The van der Waals surface area contributed by atoms with Crippen molar-refractivity contribution < 1.29 is 13.2 Å². The lowest BCUT2D eigenvalue weighted by molar-refractivity contribution is 0.0936. The average molecular weight is 358 g/mol. The van der Waals surface area contributed by atoms with Crippen LogP contribution in [0.3, 0.4) is 0 Å². The smallest absolute Gasteiger partial charge is 0.251 e. The van der Waals surface area contributed by atoms with Crippen LogP contribution in [0.4, 0.5) is 0 Å². The molecular weight excluding hydrogens is 336 g/mol. The SMILES string of the molecule is CNS(=O)(=O)c1cc(C(=O)N[C@@H]2CCc3ccccc32)cc(C)c1C. The van der Waals surface area contributed by atoms with Gasteiger partial charge in [-0.2, -0.15) is 0 Å². The van der Waals surface area contributed by atoms with Crippen LogP contribution in [0.5, 0.6) is 0 Å². The molecule has 6 heteroatoms. The Hall–Kier alpha value is -2.18. The van der Waals surface area contributed by atoms with Crippen molar-refractivity contribution in [2.45, 2.75) is 37.6 Å². The molecule has 25 heavy (non-hydrogen) atoms. The third kappa shape index (κ3) is 3.32. The number of fused-ring (bicyclic) bond motifs is 1. The zero-order valence-electron chi connectivity index (χ0n) is 14.6. The summed E-state index contributed by atoms with van der Waals surface area (Å²) in [5.41, 5.74) is 4.18. The molecule has 0 saturated carbocycles. The minimum absolute atomic E-state index is 0.0327. The molecule has 0 aromatic heterocycles. The monoisotopic (exact) mass is 358 g/mol. The van der Waals surface area contributed by atoms with Crippen LogP contribution in [0, 0.1) is 13.8 Å². The molecule has 3 rings (SSSR count). The van der Waals surface area contributed by atoms with Gasteiger partial charge < -0.3 is 5.32 Å². The Balaban J connectivity index is 1.91. The molecule has 0 aliphatic heterocycles. The maximum Gasteiger partial charge on any atom is 0.251 e. The van der Waals surface area contributed by atoms with E-state index < -0.39 is 10.0 Å². The van der Waals surface area contributed by atoms with Gasteiger partial charge in [0.1, 0.15) is 0 Å². The van der Waals surface area contributed by atoms with Gasteiger partial charge in [-0.1, -0.05) is 24.3 Å². The zero-order valence-corrected chi connectivity index (χ0v) is 15.4. The Morgan fingerprint density at radius 1 is 1.16 bits per heavy atom. The number of hydrogen-bond acceptors (Lipinski definition) is 3. The minimum atomic E-state index is -3.61. The quantitative estimate of drug-likeness (QED) is 0.882. The lowest BCUT2D eigenvalue weighted by atomic mass is 10.0. The van der Waals surface area contributed by atoms with Gasteiger partial charge in [0, 0.05) is 5.56 Å². The third-order valence-corrected chi connectivity index (χ3v) is 6.42. The number of rotatable bonds is 4. The molecule has 0 unspecified atom stereocenters. The Bertz CT molecular complexity index is 936. The number of benzene rings is 2. The van der Waals surface area contributed by atoms with E-state index in [1.54, 1.807) is 13.0 Å². The van der Waals surface area contributed by atoms with Gasteiger partial charge in [0.25, 0.3) is 5.91 Å². The molecule has 0 bridgehead atoms. The highest BCUT2D eigenvalue weighted by Crippen LogP contribution is 2.31. The molecule has 1 amide bonds. The zero-order chi connectivity index (χ0) is 18.2. The molecule has 1 atom stereocenters. The summed E-state index contributed by atoms with van der Waals surface area (Å²) < 4.78 is 26.7. The summed E-state index contributed by atoms with van der Waals surface area (Å²) in [6.45, 7) is 3.56. The second-order valence-electron chi connectivity index (χ2n) is 6.39. The van der Waals surface area contributed by atoms with E-state index in [4.69, 9.17) is 0 Å². The molecule has 132 valence electrons. The summed E-state index contributed by atoms with van der Waals surface area (Å²) in [5, 5.41) is 3.04. The summed E-state index contributed by atoms with van der Waals surface area (Å²) in [6.07, 6.45) is 1.80. The fourth-order valence-corrected chi connectivity index (χ4v) is 4.36. The number of nitrogens with one attached hydrogen (secondary N) is 2. The van der Waals surface area contributed by atoms with Gasteiger partial charge >= 0.3 is 0 Å². The second kappa shape index (κ2) is 6.61. The van der Waals surface area contributed by atoms with E-state index in [9.17, 15) is 13.2 Å². The highest BCUT2D eigenvalue weighted by atomic mass is 32.2. The standard InChI is InChI=1S/C19H22N2O3S/c1-12-10-15(11-18(13(12)2)25(23,24)20-3)19(22)21-17-9-8-14-6-4-5-7-16(14)17/h4-7,10-11,17,20H,8-9H2,1-3H3,(H,21,22)/t17-/m1/s1. The maximum atomic E-state index is 12.7. The molecular formula is C19H22N2O3S. The summed E-state index contributed by atoms with van der Waals surface area (Å²) in [5.74, 6) is -0.252. The average Bonchev–Trinajstić information content (AvgIpc) is 3.00. The first-order chi connectivity index (χ1) is 11.8. The predicted octanol–water partition coefficient (Wildman–Crippen LogP) is 2.63. The van der Waals surface area contributed by atoms with Crippen LogP contribution in [0.15, 0.2) is 41.3 Å². The molecule has 0 saturated heterocycles. The Morgan fingerprint density at radius 2 is 1.88 bits per heavy atom. The van der Waals surface area contributed by atoms with Crippen molar-refractivity contribution in [2.75, 3.05) is 7.05 Å². The van der Waals surface area contributed by atoms with Crippen molar-refractivity contribution in [3.05, 3.63) is 64.2 Å². The Morgan fingerprint density at radius 3 is 2.60 bits per heavy atom. The molecule has 0 radical (unpaired) electrons. The highest BCUT2D eigenvalue weighted by molar-refractivity contribution is 7.89. The molecule has 0 fully saturated rings. The van der Waals surface area contributed by atoms with E-state index in [0.29, 0.717) is 11.1 Å². The molecule has 2 N–H and O–H groups in total. The van der Waals surface area contributed by atoms with Crippen LogP contribution in [-0.2, 0) is 16.4 Å². The maximum absolute atomic E-state index is 12.7. The highest BCUT2D eigenvalue weighted by Gasteiger charge is 2.25. The molecule has 2 aromatic rings. The second-order valence-corrected chi connectivity index (χ2v) is 8.24. The van der Waals surface area contributed by atoms with Crippen LogP contribution in [0.25, 0.3) is 0 Å². The van der Waals surface area contributed by atoms with Gasteiger partial charge in [0.2, 0.25) is 10.0 Å². The molecule has 1 aliphatic rings. The lowest BCUT2D eigenvalue weighted by Gasteiger charge is -2.16. The van der Waals surface area contributed by atoms with Crippen LogP contribution in [-0.4, -0.2) is 21.4 Å². The third-order valence-electron chi connectivity index (χ3n) is 4.88. The fraction of sp³-hybridized carbons (Fsp3) is 0.316. The molecule has 0 spiro atoms. The van der Waals surface area contributed by atoms with Crippen LogP contribution in [0.2, 0.25) is 0 Å². The molecule has 1 aliphatic carbocycles. The summed E-state index contributed by atoms with van der Waals surface area (Å²) >= 11 is 0. The number of aryl methyl sites for hydroxylation is 2. The van der Waals surface area contributed by atoms with Crippen LogP contribution in [0.1, 0.15) is 45.1 Å². The number of hydrogen-bond donors (Lipinski definition) is 2. The van der Waals surface area contributed by atoms with E-state index >= 15 is 0 Å². The van der Waals surface area contributed by atoms with E-state index in [-0.39, 0.29) is 16.8 Å². The topological polar surface area (TPSA) is 75.3 Å². The molecule has 0 heterocycles. The Labute approximate surface area is 148 Å². The number of sulfonamides is 1. The van der Waals surface area contributed by atoms with Crippen molar-refractivity contribution in [1.29, 1.82) is 0 Å². The van der Waals surface area contributed by atoms with Gasteiger partial charge in [-0.3, -0.25) is 4.79 Å². The van der Waals surface area contributed by atoms with Crippen LogP contribution >= 0.6 is 0 Å². The summed E-state index contributed by atoms with van der Waals surface area (Å²) in [7, 11) is -2.25. The summed E-state index contributed by atoms with van der Waals surface area (Å²) in [6, 6.07) is 11.2. The number of carbonyl (C=O) groups excluding carboxylic acids is 1. The van der Waals surface area contributed by atoms with Crippen molar-refractivity contribution in [3.63, 3.8) is 0 Å². The summed E-state index contributed by atoms with van der Waals surface area (Å²) in [4.78, 5) is 12.9. The fourth-order valence-electron chi connectivity index (χ4n) is 3.30. The van der Waals surface area contributed by atoms with Crippen molar-refractivity contribution in [1.82, 2.24) is 10.0 Å². The first kappa shape index (κ1) is 17.6. The van der Waals surface area contributed by atoms with Crippen molar-refractivity contribution in [3.8, 4) is 0 Å². The number of amides is 1. The van der Waals surface area contributed by atoms with E-state index in [2.05, 4.69) is 16.1 Å². The van der Waals surface area contributed by atoms with Gasteiger partial charge in [0.15, 0.2) is 0 Å². The predicted molar refractivity (Wildman–Crippen MR) is 97.1 cm³/mol. The molecule has 5 nitrogen and oxygen atoms in total. The molecule has 2 aromatic carbocycles. The van der Waals surface area contributed by atoms with E-state index in [1.807, 2.05) is 25.1 Å². The number of carbonyl (C=O) groups is 1. The van der Waals surface area contributed by atoms with Crippen molar-refractivity contribution in [2.24, 2.45) is 0 Å². The van der Waals surface area contributed by atoms with Gasteiger partial charge in [-0.05, 0) is 68.1 Å². The van der Waals surface area contributed by atoms with Gasteiger partial charge in [0.05, 0.1) is 10.9 Å². The first-order valence-electron chi connectivity index (χ1n) is 8.27. The normalized spacial score (nSPS) is 16.5. The minimum Gasteiger partial charge on any atom is -0.345 e. The van der Waals surface area contributed by atoms with Gasteiger partial charge in [-0.15, -0.1) is 0 Å².